The number of halogens is 1. The van der Waals surface area contributed by atoms with Gasteiger partial charge in [-0.3, -0.25) is 4.90 Å². The van der Waals surface area contributed by atoms with Gasteiger partial charge in [-0.15, -0.1) is 0 Å². The second-order valence-electron chi connectivity index (χ2n) is 6.97. The second-order valence-corrected chi connectivity index (χ2v) is 9.04. The molecule has 0 radical (unpaired) electrons. The van der Waals surface area contributed by atoms with Crippen molar-refractivity contribution in [2.75, 3.05) is 17.8 Å². The highest BCUT2D eigenvalue weighted by molar-refractivity contribution is 7.95. The van der Waals surface area contributed by atoms with Gasteiger partial charge in [0.25, 0.3) is 0 Å². The number of sulfone groups is 1. The average molecular weight is 427 g/mol. The Morgan fingerprint density at radius 2 is 1.97 bits per heavy atom. The normalized spacial score (nSPS) is 20.2. The van der Waals surface area contributed by atoms with Crippen LogP contribution in [0.25, 0.3) is 0 Å². The molecule has 7 nitrogen and oxygen atoms in total. The van der Waals surface area contributed by atoms with Crippen LogP contribution in [0, 0.1) is 17.1 Å². The van der Waals surface area contributed by atoms with Gasteiger partial charge >= 0.3 is 0 Å². The maximum absolute atomic E-state index is 13.4. The SMILES string of the molecule is COc1cc([C@H]2C(C#N)=C(N)N(c3ccc(F)cc3)C3=C2S(=O)(=O)CC3)ccc1O. The first kappa shape index (κ1) is 19.8. The number of allylic oxidation sites excluding steroid dienone is 3. The molecule has 2 heterocycles. The fourth-order valence-corrected chi connectivity index (χ4v) is 5.80. The molecule has 0 aromatic heterocycles. The summed E-state index contributed by atoms with van der Waals surface area (Å²) in [6.07, 6.45) is 0.209. The topological polar surface area (TPSA) is 117 Å². The molecule has 0 bridgehead atoms. The summed E-state index contributed by atoms with van der Waals surface area (Å²) in [5.41, 5.74) is 7.79. The first-order chi connectivity index (χ1) is 14.3. The summed E-state index contributed by atoms with van der Waals surface area (Å²) < 4.78 is 44.6. The van der Waals surface area contributed by atoms with E-state index in [9.17, 15) is 23.2 Å². The van der Waals surface area contributed by atoms with Crippen molar-refractivity contribution in [1.29, 1.82) is 5.26 Å². The number of ether oxygens (including phenoxy) is 1. The highest BCUT2D eigenvalue weighted by Gasteiger charge is 2.45. The maximum Gasteiger partial charge on any atom is 0.177 e. The molecule has 0 amide bonds. The predicted molar refractivity (Wildman–Crippen MR) is 109 cm³/mol. The smallest absolute Gasteiger partial charge is 0.177 e. The monoisotopic (exact) mass is 427 g/mol. The minimum Gasteiger partial charge on any atom is -0.504 e. The number of hydrogen-bond acceptors (Lipinski definition) is 7. The van der Waals surface area contributed by atoms with E-state index >= 15 is 0 Å². The zero-order chi connectivity index (χ0) is 21.6. The largest absolute Gasteiger partial charge is 0.504 e. The van der Waals surface area contributed by atoms with E-state index in [0.717, 1.165) is 0 Å². The zero-order valence-electron chi connectivity index (χ0n) is 16.0. The third-order valence-corrected chi connectivity index (χ3v) is 7.19. The van der Waals surface area contributed by atoms with Gasteiger partial charge in [0.2, 0.25) is 0 Å². The minimum atomic E-state index is -3.67. The molecule has 0 fully saturated rings. The highest BCUT2D eigenvalue weighted by Crippen LogP contribution is 2.49. The van der Waals surface area contributed by atoms with Crippen LogP contribution in [0.1, 0.15) is 17.9 Å². The Kier molecular flexibility index (Phi) is 4.67. The lowest BCUT2D eigenvalue weighted by Gasteiger charge is -2.35. The molecular formula is C21H18FN3O4S. The number of benzene rings is 2. The Balaban J connectivity index is 1.98. The van der Waals surface area contributed by atoms with Gasteiger partial charge < -0.3 is 15.6 Å². The fraction of sp³-hybridized carbons (Fsp3) is 0.190. The van der Waals surface area contributed by atoms with Crippen molar-refractivity contribution >= 4 is 15.5 Å². The van der Waals surface area contributed by atoms with Gasteiger partial charge in [0.05, 0.1) is 35.3 Å². The van der Waals surface area contributed by atoms with Gasteiger partial charge in [0, 0.05) is 17.8 Å². The Morgan fingerprint density at radius 1 is 1.27 bits per heavy atom. The van der Waals surface area contributed by atoms with Crippen LogP contribution < -0.4 is 15.4 Å². The molecular weight excluding hydrogens is 409 g/mol. The van der Waals surface area contributed by atoms with E-state index in [4.69, 9.17) is 10.5 Å². The number of rotatable bonds is 3. The van der Waals surface area contributed by atoms with Crippen molar-refractivity contribution in [3.05, 3.63) is 75.8 Å². The molecule has 0 spiro atoms. The van der Waals surface area contributed by atoms with Crippen LogP contribution in [0.3, 0.4) is 0 Å². The number of aromatic hydroxyl groups is 1. The number of phenolic OH excluding ortho intramolecular Hbond substituents is 1. The van der Waals surface area contributed by atoms with Gasteiger partial charge in [-0.25, -0.2) is 12.8 Å². The summed E-state index contributed by atoms with van der Waals surface area (Å²) in [7, 11) is -2.29. The van der Waals surface area contributed by atoms with Gasteiger partial charge in [0.15, 0.2) is 21.3 Å². The maximum atomic E-state index is 13.4. The summed E-state index contributed by atoms with van der Waals surface area (Å²) in [5.74, 6) is -1.36. The Labute approximate surface area is 173 Å². The summed E-state index contributed by atoms with van der Waals surface area (Å²) in [6.45, 7) is 0. The number of nitrogens with zero attached hydrogens (tertiary/aromatic N) is 2. The third-order valence-electron chi connectivity index (χ3n) is 5.31. The van der Waals surface area contributed by atoms with Crippen LogP contribution in [0.2, 0.25) is 0 Å². The quantitative estimate of drug-likeness (QED) is 0.773. The predicted octanol–water partition coefficient (Wildman–Crippen LogP) is 2.87. The standard InChI is InChI=1S/C21H18FN3O4S/c1-29-18-10-12(2-7-17(18)26)19-15(11-23)21(24)25(14-5-3-13(22)4-6-14)16-8-9-30(27,28)20(16)19/h2-7,10,19,26H,8-9,24H2,1H3/t19-/m0/s1. The van der Waals surface area contributed by atoms with Crippen molar-refractivity contribution in [2.24, 2.45) is 5.73 Å². The summed E-state index contributed by atoms with van der Waals surface area (Å²) in [4.78, 5) is 1.59. The molecule has 0 saturated carbocycles. The van der Waals surface area contributed by atoms with Crippen LogP contribution in [-0.2, 0) is 9.84 Å². The number of methoxy groups -OCH3 is 1. The van der Waals surface area contributed by atoms with Crippen LogP contribution in [0.15, 0.2) is 64.5 Å². The van der Waals surface area contributed by atoms with Crippen molar-refractivity contribution < 1.29 is 22.7 Å². The van der Waals surface area contributed by atoms with E-state index in [-0.39, 0.29) is 40.0 Å². The minimum absolute atomic E-state index is 0.0521. The van der Waals surface area contributed by atoms with Gasteiger partial charge in [-0.05, 0) is 42.0 Å². The number of hydrogen-bond donors (Lipinski definition) is 2. The Hall–Kier alpha value is -3.51. The Morgan fingerprint density at radius 3 is 2.60 bits per heavy atom. The molecule has 0 unspecified atom stereocenters. The van der Waals surface area contributed by atoms with E-state index in [1.165, 1.54) is 48.4 Å². The second kappa shape index (κ2) is 7.07. The van der Waals surface area contributed by atoms with E-state index in [1.54, 1.807) is 6.07 Å². The van der Waals surface area contributed by atoms with Gasteiger partial charge in [-0.1, -0.05) is 6.07 Å². The van der Waals surface area contributed by atoms with E-state index < -0.39 is 21.6 Å². The van der Waals surface area contributed by atoms with Crippen LogP contribution >= 0.6 is 0 Å². The molecule has 9 heteroatoms. The summed E-state index contributed by atoms with van der Waals surface area (Å²) in [5, 5.41) is 19.8. The molecule has 0 aliphatic carbocycles. The molecule has 3 N–H and O–H groups in total. The van der Waals surface area contributed by atoms with Crippen molar-refractivity contribution in [3.8, 4) is 17.6 Å². The lowest BCUT2D eigenvalue weighted by molar-refractivity contribution is 0.373. The number of nitrogens with two attached hydrogens (primary N) is 1. The molecule has 1 atom stereocenters. The van der Waals surface area contributed by atoms with Gasteiger partial charge in [0.1, 0.15) is 11.6 Å². The van der Waals surface area contributed by atoms with Crippen LogP contribution in [0.4, 0.5) is 10.1 Å². The third kappa shape index (κ3) is 2.97. The molecule has 2 aliphatic rings. The van der Waals surface area contributed by atoms with Crippen molar-refractivity contribution in [1.82, 2.24) is 0 Å². The van der Waals surface area contributed by atoms with Crippen molar-refractivity contribution in [3.63, 3.8) is 0 Å². The van der Waals surface area contributed by atoms with E-state index in [2.05, 4.69) is 6.07 Å². The van der Waals surface area contributed by atoms with E-state index in [0.29, 0.717) is 16.9 Å². The van der Waals surface area contributed by atoms with Crippen molar-refractivity contribution in [2.45, 2.75) is 12.3 Å². The molecule has 0 saturated heterocycles. The van der Waals surface area contributed by atoms with Crippen LogP contribution in [0.5, 0.6) is 11.5 Å². The highest BCUT2D eigenvalue weighted by atomic mass is 32.2. The summed E-state index contributed by atoms with van der Waals surface area (Å²) >= 11 is 0. The molecule has 4 rings (SSSR count). The Bertz CT molecular complexity index is 1240. The molecule has 30 heavy (non-hydrogen) atoms. The number of anilines is 1. The fourth-order valence-electron chi connectivity index (χ4n) is 3.96. The van der Waals surface area contributed by atoms with E-state index in [1.807, 2.05) is 0 Å². The lowest BCUT2D eigenvalue weighted by atomic mass is 9.87. The lowest BCUT2D eigenvalue weighted by Crippen LogP contribution is -2.34. The molecule has 2 aromatic carbocycles. The number of nitriles is 1. The number of phenols is 1. The van der Waals surface area contributed by atoms with Crippen LogP contribution in [-0.4, -0.2) is 26.4 Å². The zero-order valence-corrected chi connectivity index (χ0v) is 16.8. The van der Waals surface area contributed by atoms with Gasteiger partial charge in [-0.2, -0.15) is 5.26 Å². The summed E-state index contributed by atoms with van der Waals surface area (Å²) in [6, 6.07) is 11.9. The first-order valence-electron chi connectivity index (χ1n) is 9.06. The average Bonchev–Trinajstić information content (AvgIpc) is 3.03. The molecule has 2 aromatic rings. The molecule has 2 aliphatic heterocycles. The molecule has 154 valence electrons. The first-order valence-corrected chi connectivity index (χ1v) is 10.7.